The van der Waals surface area contributed by atoms with Crippen LogP contribution in [0.4, 0.5) is 11.5 Å². The molecule has 0 spiro atoms. The van der Waals surface area contributed by atoms with Crippen molar-refractivity contribution in [3.63, 3.8) is 0 Å². The first-order valence-electron chi connectivity index (χ1n) is 8.86. The van der Waals surface area contributed by atoms with Gasteiger partial charge in [0.05, 0.1) is 11.9 Å². The number of carbonyl (C=O) groups excluding carboxylic acids is 1. The van der Waals surface area contributed by atoms with Crippen molar-refractivity contribution in [3.05, 3.63) is 89.1 Å². The number of nitrogens with one attached hydrogen (secondary N) is 1. The number of carbonyl (C=O) groups is 1. The Morgan fingerprint density at radius 3 is 2.33 bits per heavy atom. The number of rotatable bonds is 6. The van der Waals surface area contributed by atoms with Crippen LogP contribution in [0.3, 0.4) is 0 Å². The molecule has 1 amide bonds. The summed E-state index contributed by atoms with van der Waals surface area (Å²) in [5.74, 6) is 0.685. The van der Waals surface area contributed by atoms with Crippen LogP contribution in [0, 0.1) is 0 Å². The van der Waals surface area contributed by atoms with E-state index in [1.807, 2.05) is 30.3 Å². The molecule has 0 aliphatic heterocycles. The molecule has 2 aromatic carbocycles. The van der Waals surface area contributed by atoms with E-state index in [0.29, 0.717) is 22.3 Å². The van der Waals surface area contributed by atoms with Crippen molar-refractivity contribution in [3.8, 4) is 0 Å². The van der Waals surface area contributed by atoms with Crippen LogP contribution in [0.5, 0.6) is 0 Å². The van der Waals surface area contributed by atoms with Crippen molar-refractivity contribution in [2.24, 2.45) is 0 Å². The van der Waals surface area contributed by atoms with E-state index in [-0.39, 0.29) is 5.91 Å². The maximum absolute atomic E-state index is 12.3. The minimum absolute atomic E-state index is 0.189. The first-order chi connectivity index (χ1) is 13.0. The largest absolute Gasteiger partial charge is 0.350 e. The molecule has 3 aromatic rings. The van der Waals surface area contributed by atoms with Gasteiger partial charge >= 0.3 is 0 Å². The van der Waals surface area contributed by atoms with Gasteiger partial charge in [-0.25, -0.2) is 4.98 Å². The number of halogens is 1. The molecular weight excluding hydrogens is 358 g/mol. The molecule has 1 aromatic heterocycles. The van der Waals surface area contributed by atoms with Gasteiger partial charge in [-0.3, -0.25) is 4.79 Å². The summed E-state index contributed by atoms with van der Waals surface area (Å²) in [5.41, 5.74) is 2.44. The predicted octanol–water partition coefficient (Wildman–Crippen LogP) is 5.40. The topological polar surface area (TPSA) is 45.2 Å². The highest BCUT2D eigenvalue weighted by atomic mass is 35.5. The zero-order valence-electron chi connectivity index (χ0n) is 15.4. The number of nitrogens with zero attached hydrogens (tertiary/aromatic N) is 2. The van der Waals surface area contributed by atoms with Crippen molar-refractivity contribution in [2.45, 2.75) is 26.4 Å². The van der Waals surface area contributed by atoms with Crippen molar-refractivity contribution in [1.82, 2.24) is 4.98 Å². The van der Waals surface area contributed by atoms with Crippen molar-refractivity contribution >= 4 is 29.0 Å². The normalized spacial score (nSPS) is 10.7. The minimum Gasteiger partial charge on any atom is -0.350 e. The number of aromatic nitrogens is 1. The van der Waals surface area contributed by atoms with Crippen LogP contribution in [0.1, 0.15) is 29.8 Å². The fraction of sp³-hybridized carbons (Fsp3) is 0.182. The van der Waals surface area contributed by atoms with E-state index >= 15 is 0 Å². The van der Waals surface area contributed by atoms with Crippen LogP contribution >= 0.6 is 11.6 Å². The molecule has 0 bridgehead atoms. The Bertz CT molecular complexity index is 878. The molecule has 27 heavy (non-hydrogen) atoms. The molecule has 0 saturated heterocycles. The molecule has 0 unspecified atom stereocenters. The van der Waals surface area contributed by atoms with Gasteiger partial charge in [0.2, 0.25) is 0 Å². The second-order valence-corrected chi connectivity index (χ2v) is 7.01. The standard InChI is InChI=1S/C22H22ClN3O/c1-16(2)26(15-17-6-4-3-5-7-17)21-13-12-20(14-24-21)25-22(27)18-8-10-19(23)11-9-18/h3-14,16H,15H2,1-2H3,(H,25,27). The number of pyridine rings is 1. The number of hydrogen-bond donors (Lipinski definition) is 1. The fourth-order valence-electron chi connectivity index (χ4n) is 2.74. The molecule has 1 N–H and O–H groups in total. The van der Waals surface area contributed by atoms with Crippen LogP contribution in [0.2, 0.25) is 5.02 Å². The summed E-state index contributed by atoms with van der Waals surface area (Å²) in [7, 11) is 0. The van der Waals surface area contributed by atoms with E-state index < -0.39 is 0 Å². The lowest BCUT2D eigenvalue weighted by molar-refractivity contribution is 0.102. The van der Waals surface area contributed by atoms with E-state index in [2.05, 4.69) is 41.2 Å². The Balaban J connectivity index is 1.71. The molecule has 0 radical (unpaired) electrons. The van der Waals surface area contributed by atoms with Gasteiger partial charge in [0.15, 0.2) is 0 Å². The number of amides is 1. The summed E-state index contributed by atoms with van der Waals surface area (Å²) in [6.07, 6.45) is 1.68. The molecule has 0 saturated carbocycles. The third-order valence-corrected chi connectivity index (χ3v) is 4.48. The Morgan fingerprint density at radius 2 is 1.74 bits per heavy atom. The predicted molar refractivity (Wildman–Crippen MR) is 111 cm³/mol. The fourth-order valence-corrected chi connectivity index (χ4v) is 2.87. The molecule has 0 atom stereocenters. The Labute approximate surface area is 164 Å². The molecule has 1 heterocycles. The summed E-state index contributed by atoms with van der Waals surface area (Å²) in [6.45, 7) is 5.06. The minimum atomic E-state index is -0.189. The lowest BCUT2D eigenvalue weighted by Gasteiger charge is -2.28. The summed E-state index contributed by atoms with van der Waals surface area (Å²) in [5, 5.41) is 3.46. The highest BCUT2D eigenvalue weighted by molar-refractivity contribution is 6.30. The molecule has 3 rings (SSSR count). The first kappa shape index (κ1) is 18.9. The summed E-state index contributed by atoms with van der Waals surface area (Å²) in [4.78, 5) is 19.1. The van der Waals surface area contributed by atoms with E-state index in [1.54, 1.807) is 30.5 Å². The van der Waals surface area contributed by atoms with Crippen LogP contribution in [0.25, 0.3) is 0 Å². The van der Waals surface area contributed by atoms with Gasteiger partial charge in [-0.1, -0.05) is 41.9 Å². The van der Waals surface area contributed by atoms with Gasteiger partial charge in [0.25, 0.3) is 5.91 Å². The van der Waals surface area contributed by atoms with E-state index in [9.17, 15) is 4.79 Å². The summed E-state index contributed by atoms with van der Waals surface area (Å²) >= 11 is 5.86. The third kappa shape index (κ3) is 5.08. The zero-order valence-corrected chi connectivity index (χ0v) is 16.1. The van der Waals surface area contributed by atoms with Crippen LogP contribution < -0.4 is 10.2 Å². The lowest BCUT2D eigenvalue weighted by atomic mass is 10.2. The van der Waals surface area contributed by atoms with Crippen molar-refractivity contribution in [1.29, 1.82) is 0 Å². The third-order valence-electron chi connectivity index (χ3n) is 4.23. The highest BCUT2D eigenvalue weighted by Crippen LogP contribution is 2.20. The van der Waals surface area contributed by atoms with E-state index in [4.69, 9.17) is 11.6 Å². The summed E-state index contributed by atoms with van der Waals surface area (Å²) in [6, 6.07) is 21.2. The van der Waals surface area contributed by atoms with Crippen molar-refractivity contribution < 1.29 is 4.79 Å². The average molecular weight is 380 g/mol. The highest BCUT2D eigenvalue weighted by Gasteiger charge is 2.13. The smallest absolute Gasteiger partial charge is 0.255 e. The average Bonchev–Trinajstić information content (AvgIpc) is 2.68. The van der Waals surface area contributed by atoms with Crippen molar-refractivity contribution in [2.75, 3.05) is 10.2 Å². The Morgan fingerprint density at radius 1 is 1.04 bits per heavy atom. The number of anilines is 2. The van der Waals surface area contributed by atoms with Crippen LogP contribution in [-0.2, 0) is 6.54 Å². The van der Waals surface area contributed by atoms with E-state index in [1.165, 1.54) is 5.56 Å². The van der Waals surface area contributed by atoms with Gasteiger partial charge in [-0.15, -0.1) is 0 Å². The monoisotopic (exact) mass is 379 g/mol. The molecule has 5 heteroatoms. The molecule has 4 nitrogen and oxygen atoms in total. The molecule has 138 valence electrons. The zero-order chi connectivity index (χ0) is 19.2. The van der Waals surface area contributed by atoms with Crippen LogP contribution in [-0.4, -0.2) is 16.9 Å². The molecular formula is C22H22ClN3O. The first-order valence-corrected chi connectivity index (χ1v) is 9.24. The SMILES string of the molecule is CC(C)N(Cc1ccccc1)c1ccc(NC(=O)c2ccc(Cl)cc2)cn1. The quantitative estimate of drug-likeness (QED) is 0.623. The second kappa shape index (κ2) is 8.69. The number of hydrogen-bond acceptors (Lipinski definition) is 3. The molecule has 0 aliphatic carbocycles. The maximum atomic E-state index is 12.3. The lowest BCUT2D eigenvalue weighted by Crippen LogP contribution is -2.30. The van der Waals surface area contributed by atoms with Gasteiger partial charge in [0.1, 0.15) is 5.82 Å². The van der Waals surface area contributed by atoms with Gasteiger partial charge in [-0.05, 0) is 55.8 Å². The summed E-state index contributed by atoms with van der Waals surface area (Å²) < 4.78 is 0. The molecule has 0 aliphatic rings. The van der Waals surface area contributed by atoms with Gasteiger partial charge in [0, 0.05) is 23.2 Å². The second-order valence-electron chi connectivity index (χ2n) is 6.57. The van der Waals surface area contributed by atoms with E-state index in [0.717, 1.165) is 12.4 Å². The van der Waals surface area contributed by atoms with Gasteiger partial charge in [-0.2, -0.15) is 0 Å². The Hall–Kier alpha value is -2.85. The Kier molecular flexibility index (Phi) is 6.09. The molecule has 0 fully saturated rings. The van der Waals surface area contributed by atoms with Gasteiger partial charge < -0.3 is 10.2 Å². The number of benzene rings is 2. The maximum Gasteiger partial charge on any atom is 0.255 e. The van der Waals surface area contributed by atoms with Crippen LogP contribution in [0.15, 0.2) is 72.9 Å².